The zero-order valence-electron chi connectivity index (χ0n) is 12.5. The lowest BCUT2D eigenvalue weighted by Gasteiger charge is -2.21. The summed E-state index contributed by atoms with van der Waals surface area (Å²) in [4.78, 5) is 45.3. The molecule has 0 bridgehead atoms. The topological polar surface area (TPSA) is 159 Å². The summed E-state index contributed by atoms with van der Waals surface area (Å²) < 4.78 is 0. The van der Waals surface area contributed by atoms with Gasteiger partial charge in [-0.25, -0.2) is 4.79 Å². The summed E-state index contributed by atoms with van der Waals surface area (Å²) in [7, 11) is 0. The van der Waals surface area contributed by atoms with Crippen LogP contribution in [-0.4, -0.2) is 69.9 Å². The Morgan fingerprint density at radius 3 is 2.13 bits per heavy atom. The molecule has 0 heterocycles. The van der Waals surface area contributed by atoms with E-state index in [2.05, 4.69) is 23.3 Å². The zero-order chi connectivity index (χ0) is 18.0. The van der Waals surface area contributed by atoms with Crippen molar-refractivity contribution in [3.63, 3.8) is 0 Å². The molecule has 6 N–H and O–H groups in total. The van der Waals surface area contributed by atoms with Crippen LogP contribution in [0.15, 0.2) is 0 Å². The molecule has 0 rings (SSSR count). The molecule has 9 nitrogen and oxygen atoms in total. The lowest BCUT2D eigenvalue weighted by atomic mass is 10.1. The van der Waals surface area contributed by atoms with E-state index in [1.807, 2.05) is 6.26 Å². The summed E-state index contributed by atoms with van der Waals surface area (Å²) in [6.45, 7) is 0. The quantitative estimate of drug-likeness (QED) is 0.241. The number of carboxylic acids is 2. The molecule has 0 aromatic carbocycles. The van der Waals surface area contributed by atoms with Gasteiger partial charge in [0.15, 0.2) is 0 Å². The number of thiol groups is 1. The van der Waals surface area contributed by atoms with E-state index in [1.54, 1.807) is 0 Å². The molecule has 0 fully saturated rings. The monoisotopic (exact) mass is 367 g/mol. The van der Waals surface area contributed by atoms with Gasteiger partial charge < -0.3 is 26.6 Å². The summed E-state index contributed by atoms with van der Waals surface area (Å²) in [5, 5.41) is 21.9. The summed E-state index contributed by atoms with van der Waals surface area (Å²) in [5.41, 5.74) is 5.67. The highest BCUT2D eigenvalue weighted by Gasteiger charge is 2.28. The van der Waals surface area contributed by atoms with Crippen LogP contribution in [0.4, 0.5) is 0 Å². The predicted octanol–water partition coefficient (Wildman–Crippen LogP) is -1.47. The Morgan fingerprint density at radius 2 is 1.70 bits per heavy atom. The highest BCUT2D eigenvalue weighted by molar-refractivity contribution is 7.98. The van der Waals surface area contributed by atoms with Crippen molar-refractivity contribution in [2.45, 2.75) is 31.0 Å². The number of nitrogens with two attached hydrogens (primary N) is 1. The second-order valence-electron chi connectivity index (χ2n) is 4.63. The fourth-order valence-electron chi connectivity index (χ4n) is 1.50. The molecule has 0 aliphatic heterocycles. The Balaban J connectivity index is 4.69. The molecular weight excluding hydrogens is 346 g/mol. The molecular formula is C12H21N3O6S2. The molecule has 23 heavy (non-hydrogen) atoms. The molecule has 0 aromatic rings. The van der Waals surface area contributed by atoms with Crippen LogP contribution in [0.5, 0.6) is 0 Å². The maximum absolute atomic E-state index is 12.0. The van der Waals surface area contributed by atoms with Crippen molar-refractivity contribution in [1.29, 1.82) is 0 Å². The smallest absolute Gasteiger partial charge is 0.326 e. The summed E-state index contributed by atoms with van der Waals surface area (Å²) >= 11 is 5.45. The number of amides is 2. The highest BCUT2D eigenvalue weighted by Crippen LogP contribution is 2.01. The Morgan fingerprint density at radius 1 is 1.13 bits per heavy atom. The number of hydrogen-bond acceptors (Lipinski definition) is 7. The largest absolute Gasteiger partial charge is 0.481 e. The van der Waals surface area contributed by atoms with Gasteiger partial charge in [0, 0.05) is 5.75 Å². The molecule has 2 amide bonds. The maximum atomic E-state index is 12.0. The number of carbonyl (C=O) groups excluding carboxylic acids is 2. The lowest BCUT2D eigenvalue weighted by Crippen LogP contribution is -2.55. The Bertz CT molecular complexity index is 449. The van der Waals surface area contributed by atoms with E-state index in [0.717, 1.165) is 0 Å². The van der Waals surface area contributed by atoms with E-state index >= 15 is 0 Å². The van der Waals surface area contributed by atoms with Gasteiger partial charge in [0.1, 0.15) is 12.1 Å². The normalized spacial score (nSPS) is 14.4. The SMILES string of the molecule is CSCCC(N)C(=O)NC(CS)C(=O)NC(CC(=O)O)C(=O)O. The van der Waals surface area contributed by atoms with Crippen LogP contribution in [0.1, 0.15) is 12.8 Å². The first-order valence-electron chi connectivity index (χ1n) is 6.63. The minimum atomic E-state index is -1.59. The van der Waals surface area contributed by atoms with Crippen molar-refractivity contribution >= 4 is 48.1 Å². The third-order valence-electron chi connectivity index (χ3n) is 2.78. The summed E-state index contributed by atoms with van der Waals surface area (Å²) in [6, 6.07) is -3.50. The van der Waals surface area contributed by atoms with Gasteiger partial charge in [0.05, 0.1) is 12.5 Å². The molecule has 0 aliphatic rings. The minimum absolute atomic E-state index is 0.0910. The number of aliphatic carboxylic acids is 2. The van der Waals surface area contributed by atoms with E-state index < -0.39 is 48.3 Å². The van der Waals surface area contributed by atoms with Crippen molar-refractivity contribution < 1.29 is 29.4 Å². The molecule has 0 spiro atoms. The van der Waals surface area contributed by atoms with Crippen molar-refractivity contribution in [2.24, 2.45) is 5.73 Å². The molecule has 3 unspecified atom stereocenters. The minimum Gasteiger partial charge on any atom is -0.481 e. The average molecular weight is 367 g/mol. The molecule has 11 heteroatoms. The Kier molecular flexibility index (Phi) is 10.4. The summed E-state index contributed by atoms with van der Waals surface area (Å²) in [5.74, 6) is -3.67. The molecule has 3 atom stereocenters. The van der Waals surface area contributed by atoms with Gasteiger partial charge in [-0.1, -0.05) is 0 Å². The van der Waals surface area contributed by atoms with E-state index in [4.69, 9.17) is 15.9 Å². The van der Waals surface area contributed by atoms with E-state index in [-0.39, 0.29) is 5.75 Å². The first-order chi connectivity index (χ1) is 10.7. The highest BCUT2D eigenvalue weighted by atomic mass is 32.2. The van der Waals surface area contributed by atoms with E-state index in [0.29, 0.717) is 12.2 Å². The van der Waals surface area contributed by atoms with Crippen LogP contribution in [0, 0.1) is 0 Å². The first-order valence-corrected chi connectivity index (χ1v) is 8.66. The van der Waals surface area contributed by atoms with Gasteiger partial charge in [0.2, 0.25) is 11.8 Å². The van der Waals surface area contributed by atoms with Crippen molar-refractivity contribution in [3.05, 3.63) is 0 Å². The lowest BCUT2D eigenvalue weighted by molar-refractivity contribution is -0.147. The Labute approximate surface area is 143 Å². The Hall–Kier alpha value is -1.46. The molecule has 0 aliphatic carbocycles. The zero-order valence-corrected chi connectivity index (χ0v) is 14.2. The molecule has 0 radical (unpaired) electrons. The number of carboxylic acid groups (broad SMARTS) is 2. The standard InChI is InChI=1S/C12H21N3O6S2/c1-23-3-2-6(13)10(18)15-8(5-22)11(19)14-7(12(20)21)4-9(16)17/h6-8,22H,2-5,13H2,1H3,(H,14,19)(H,15,18)(H,16,17)(H,20,21). The summed E-state index contributed by atoms with van der Waals surface area (Å²) in [6.07, 6.45) is 1.51. The number of nitrogens with one attached hydrogen (secondary N) is 2. The molecule has 0 saturated carbocycles. The van der Waals surface area contributed by atoms with Crippen LogP contribution < -0.4 is 16.4 Å². The van der Waals surface area contributed by atoms with Gasteiger partial charge in [0.25, 0.3) is 0 Å². The second kappa shape index (κ2) is 11.1. The van der Waals surface area contributed by atoms with Crippen LogP contribution in [0.25, 0.3) is 0 Å². The second-order valence-corrected chi connectivity index (χ2v) is 5.98. The van der Waals surface area contributed by atoms with E-state index in [1.165, 1.54) is 11.8 Å². The average Bonchev–Trinajstić information content (AvgIpc) is 2.48. The van der Waals surface area contributed by atoms with Gasteiger partial charge in [-0.3, -0.25) is 14.4 Å². The van der Waals surface area contributed by atoms with Gasteiger partial charge in [-0.05, 0) is 18.4 Å². The van der Waals surface area contributed by atoms with Gasteiger partial charge in [-0.15, -0.1) is 0 Å². The van der Waals surface area contributed by atoms with Gasteiger partial charge >= 0.3 is 11.9 Å². The van der Waals surface area contributed by atoms with Crippen LogP contribution in [0.3, 0.4) is 0 Å². The fraction of sp³-hybridized carbons (Fsp3) is 0.667. The molecule has 132 valence electrons. The van der Waals surface area contributed by atoms with Crippen molar-refractivity contribution in [2.75, 3.05) is 17.8 Å². The molecule has 0 saturated heterocycles. The number of hydrogen-bond donors (Lipinski definition) is 6. The van der Waals surface area contributed by atoms with Crippen molar-refractivity contribution in [3.8, 4) is 0 Å². The van der Waals surface area contributed by atoms with Crippen LogP contribution in [-0.2, 0) is 19.2 Å². The third kappa shape index (κ3) is 8.67. The van der Waals surface area contributed by atoms with Crippen LogP contribution in [0.2, 0.25) is 0 Å². The fourth-order valence-corrected chi connectivity index (χ4v) is 2.24. The molecule has 0 aromatic heterocycles. The number of rotatable bonds is 11. The van der Waals surface area contributed by atoms with E-state index in [9.17, 15) is 19.2 Å². The predicted molar refractivity (Wildman–Crippen MR) is 88.6 cm³/mol. The van der Waals surface area contributed by atoms with Crippen LogP contribution >= 0.6 is 24.4 Å². The number of carbonyl (C=O) groups is 4. The van der Waals surface area contributed by atoms with Gasteiger partial charge in [-0.2, -0.15) is 24.4 Å². The maximum Gasteiger partial charge on any atom is 0.326 e. The first kappa shape index (κ1) is 21.5. The third-order valence-corrected chi connectivity index (χ3v) is 3.79. The number of thioether (sulfide) groups is 1. The van der Waals surface area contributed by atoms with Crippen molar-refractivity contribution in [1.82, 2.24) is 10.6 Å².